The van der Waals surface area contributed by atoms with Gasteiger partial charge < -0.3 is 0 Å². The molecule has 3 N–H and O–H groups in total. The van der Waals surface area contributed by atoms with Gasteiger partial charge in [0.2, 0.25) is 0 Å². The Morgan fingerprint density at radius 3 is 2.47 bits per heavy atom. The first-order valence-electron chi connectivity index (χ1n) is 6.57. The molecule has 0 aliphatic carbocycles. The maximum absolute atomic E-state index is 5.59. The fraction of sp³-hybridized carbons (Fsp3) is 0.643. The van der Waals surface area contributed by atoms with Crippen molar-refractivity contribution in [2.24, 2.45) is 11.8 Å². The minimum Gasteiger partial charge on any atom is -0.271 e. The molecule has 1 heterocycles. The van der Waals surface area contributed by atoms with Crippen LogP contribution in [0.15, 0.2) is 24.5 Å². The molecule has 0 aliphatic rings. The van der Waals surface area contributed by atoms with Crippen molar-refractivity contribution in [2.45, 2.75) is 52.0 Å². The second-order valence-electron chi connectivity index (χ2n) is 5.08. The quantitative estimate of drug-likeness (QED) is 0.538. The van der Waals surface area contributed by atoms with Gasteiger partial charge in [0.05, 0.1) is 0 Å². The van der Waals surface area contributed by atoms with Crippen LogP contribution in [0, 0.1) is 5.92 Å². The molecule has 0 radical (unpaired) electrons. The number of rotatable bonds is 8. The van der Waals surface area contributed by atoms with E-state index in [4.69, 9.17) is 5.84 Å². The average molecular weight is 235 g/mol. The molecule has 0 aliphatic heterocycles. The van der Waals surface area contributed by atoms with Crippen LogP contribution in [0.5, 0.6) is 0 Å². The van der Waals surface area contributed by atoms with Crippen LogP contribution in [0.1, 0.15) is 45.1 Å². The van der Waals surface area contributed by atoms with Crippen molar-refractivity contribution in [1.29, 1.82) is 0 Å². The lowest BCUT2D eigenvalue weighted by molar-refractivity contribution is 0.424. The molecule has 17 heavy (non-hydrogen) atoms. The van der Waals surface area contributed by atoms with Gasteiger partial charge in [-0.3, -0.25) is 16.3 Å². The number of nitrogens with one attached hydrogen (secondary N) is 1. The lowest BCUT2D eigenvalue weighted by Gasteiger charge is -2.16. The zero-order chi connectivity index (χ0) is 12.5. The van der Waals surface area contributed by atoms with E-state index < -0.39 is 0 Å². The van der Waals surface area contributed by atoms with Gasteiger partial charge in [-0.05, 0) is 42.9 Å². The van der Waals surface area contributed by atoms with Crippen LogP contribution < -0.4 is 11.3 Å². The molecule has 0 amide bonds. The second-order valence-corrected chi connectivity index (χ2v) is 5.08. The van der Waals surface area contributed by atoms with E-state index in [0.717, 1.165) is 18.8 Å². The van der Waals surface area contributed by atoms with Gasteiger partial charge in [0, 0.05) is 18.4 Å². The van der Waals surface area contributed by atoms with E-state index in [2.05, 4.69) is 36.4 Å². The van der Waals surface area contributed by atoms with E-state index in [0.29, 0.717) is 6.04 Å². The molecule has 0 bridgehead atoms. The third-order valence-electron chi connectivity index (χ3n) is 3.10. The van der Waals surface area contributed by atoms with E-state index in [1.165, 1.54) is 24.8 Å². The second kappa shape index (κ2) is 8.20. The van der Waals surface area contributed by atoms with Crippen LogP contribution in [0.25, 0.3) is 0 Å². The van der Waals surface area contributed by atoms with E-state index in [-0.39, 0.29) is 0 Å². The Hall–Kier alpha value is -0.930. The smallest absolute Gasteiger partial charge is 0.0270 e. The first kappa shape index (κ1) is 14.1. The van der Waals surface area contributed by atoms with Gasteiger partial charge in [-0.2, -0.15) is 0 Å². The van der Waals surface area contributed by atoms with Gasteiger partial charge in [0.25, 0.3) is 0 Å². The summed E-state index contributed by atoms with van der Waals surface area (Å²) in [6, 6.07) is 4.57. The molecule has 3 nitrogen and oxygen atoms in total. The molecular formula is C14H25N3. The molecule has 0 aromatic carbocycles. The largest absolute Gasteiger partial charge is 0.271 e. The Morgan fingerprint density at radius 1 is 1.18 bits per heavy atom. The third kappa shape index (κ3) is 6.39. The highest BCUT2D eigenvalue weighted by molar-refractivity contribution is 5.09. The molecule has 0 fully saturated rings. The van der Waals surface area contributed by atoms with E-state index in [1.807, 2.05) is 12.4 Å². The zero-order valence-electron chi connectivity index (χ0n) is 11.0. The lowest BCUT2D eigenvalue weighted by atomic mass is 9.99. The van der Waals surface area contributed by atoms with E-state index in [1.54, 1.807) is 0 Å². The number of pyridine rings is 1. The van der Waals surface area contributed by atoms with E-state index >= 15 is 0 Å². The summed E-state index contributed by atoms with van der Waals surface area (Å²) in [7, 11) is 0. The Bertz CT molecular complexity index is 285. The average Bonchev–Trinajstić information content (AvgIpc) is 2.34. The third-order valence-corrected chi connectivity index (χ3v) is 3.10. The number of aromatic nitrogens is 1. The number of nitrogens with two attached hydrogens (primary N) is 1. The number of aryl methyl sites for hydroxylation is 1. The highest BCUT2D eigenvalue weighted by Gasteiger charge is 2.07. The van der Waals surface area contributed by atoms with Gasteiger partial charge >= 0.3 is 0 Å². The first-order valence-corrected chi connectivity index (χ1v) is 6.57. The van der Waals surface area contributed by atoms with Crippen molar-refractivity contribution in [3.8, 4) is 0 Å². The van der Waals surface area contributed by atoms with Crippen molar-refractivity contribution in [3.05, 3.63) is 30.1 Å². The van der Waals surface area contributed by atoms with Crippen LogP contribution in [0.4, 0.5) is 0 Å². The van der Waals surface area contributed by atoms with Gasteiger partial charge in [-0.25, -0.2) is 0 Å². The summed E-state index contributed by atoms with van der Waals surface area (Å²) >= 11 is 0. The van der Waals surface area contributed by atoms with Crippen LogP contribution >= 0.6 is 0 Å². The summed E-state index contributed by atoms with van der Waals surface area (Å²) in [5.74, 6) is 6.38. The molecule has 3 heteroatoms. The topological polar surface area (TPSA) is 50.9 Å². The highest BCUT2D eigenvalue weighted by atomic mass is 15.2. The van der Waals surface area contributed by atoms with Crippen LogP contribution in [-0.2, 0) is 6.42 Å². The summed E-state index contributed by atoms with van der Waals surface area (Å²) in [4.78, 5) is 4.02. The Morgan fingerprint density at radius 2 is 1.88 bits per heavy atom. The van der Waals surface area contributed by atoms with Gasteiger partial charge in [-0.15, -0.1) is 0 Å². The minimum absolute atomic E-state index is 0.432. The number of hydrogen-bond acceptors (Lipinski definition) is 3. The van der Waals surface area contributed by atoms with Crippen molar-refractivity contribution >= 4 is 0 Å². The SMILES string of the molecule is CC(C)CCCC(CCc1ccncc1)NN. The summed E-state index contributed by atoms with van der Waals surface area (Å²) < 4.78 is 0. The summed E-state index contributed by atoms with van der Waals surface area (Å²) in [6.45, 7) is 4.53. The molecular weight excluding hydrogens is 210 g/mol. The fourth-order valence-corrected chi connectivity index (χ4v) is 1.97. The van der Waals surface area contributed by atoms with Crippen molar-refractivity contribution in [2.75, 3.05) is 0 Å². The molecule has 1 unspecified atom stereocenters. The van der Waals surface area contributed by atoms with Crippen molar-refractivity contribution in [3.63, 3.8) is 0 Å². The zero-order valence-corrected chi connectivity index (χ0v) is 11.0. The Balaban J connectivity index is 2.23. The number of nitrogens with zero attached hydrogens (tertiary/aromatic N) is 1. The molecule has 0 saturated heterocycles. The normalized spacial score (nSPS) is 12.9. The monoisotopic (exact) mass is 235 g/mol. The maximum atomic E-state index is 5.59. The standard InChI is InChI=1S/C14H25N3/c1-12(2)4-3-5-14(17-15)7-6-13-8-10-16-11-9-13/h8-12,14,17H,3-7,15H2,1-2H3. The van der Waals surface area contributed by atoms with Crippen LogP contribution in [-0.4, -0.2) is 11.0 Å². The predicted octanol–water partition coefficient (Wildman–Crippen LogP) is 2.67. The summed E-state index contributed by atoms with van der Waals surface area (Å²) in [5.41, 5.74) is 4.27. The molecule has 0 spiro atoms. The maximum Gasteiger partial charge on any atom is 0.0270 e. The molecule has 1 aromatic heterocycles. The van der Waals surface area contributed by atoms with Gasteiger partial charge in [0.1, 0.15) is 0 Å². The number of hydrazine groups is 1. The predicted molar refractivity (Wildman–Crippen MR) is 72.4 cm³/mol. The molecule has 0 saturated carbocycles. The lowest BCUT2D eigenvalue weighted by Crippen LogP contribution is -2.35. The minimum atomic E-state index is 0.432. The molecule has 96 valence electrons. The Labute approximate surface area is 105 Å². The molecule has 1 atom stereocenters. The first-order chi connectivity index (χ1) is 8.22. The van der Waals surface area contributed by atoms with E-state index in [9.17, 15) is 0 Å². The van der Waals surface area contributed by atoms with Gasteiger partial charge in [-0.1, -0.05) is 26.7 Å². The van der Waals surface area contributed by atoms with Crippen LogP contribution in [0.2, 0.25) is 0 Å². The fourth-order valence-electron chi connectivity index (χ4n) is 1.97. The van der Waals surface area contributed by atoms with Crippen molar-refractivity contribution in [1.82, 2.24) is 10.4 Å². The number of hydrogen-bond donors (Lipinski definition) is 2. The Kier molecular flexibility index (Phi) is 6.82. The van der Waals surface area contributed by atoms with Crippen LogP contribution in [0.3, 0.4) is 0 Å². The van der Waals surface area contributed by atoms with Gasteiger partial charge in [0.15, 0.2) is 0 Å². The highest BCUT2D eigenvalue weighted by Crippen LogP contribution is 2.12. The summed E-state index contributed by atoms with van der Waals surface area (Å²) in [5, 5.41) is 0. The molecule has 1 aromatic rings. The van der Waals surface area contributed by atoms with Crippen molar-refractivity contribution < 1.29 is 0 Å². The summed E-state index contributed by atoms with van der Waals surface area (Å²) in [6.07, 6.45) is 9.56. The molecule has 1 rings (SSSR count).